The van der Waals surface area contributed by atoms with Crippen LogP contribution in [0.4, 0.5) is 11.4 Å². The Morgan fingerprint density at radius 3 is 1.46 bits per heavy atom. The molecule has 0 aromatic heterocycles. The number of carbonyl (C=O) groups is 1. The van der Waals surface area contributed by atoms with Crippen molar-refractivity contribution in [3.8, 4) is 0 Å². The summed E-state index contributed by atoms with van der Waals surface area (Å²) in [5.74, 6) is -0.292. The highest BCUT2D eigenvalue weighted by Crippen LogP contribution is 2.42. The van der Waals surface area contributed by atoms with Crippen molar-refractivity contribution in [1.29, 1.82) is 0 Å². The van der Waals surface area contributed by atoms with Crippen LogP contribution in [0.3, 0.4) is 0 Å². The van der Waals surface area contributed by atoms with Crippen LogP contribution in [0, 0.1) is 0 Å². The van der Waals surface area contributed by atoms with E-state index in [0.29, 0.717) is 32.0 Å². The molecule has 1 aliphatic heterocycles. The van der Waals surface area contributed by atoms with Crippen LogP contribution >= 0.6 is 0 Å². The van der Waals surface area contributed by atoms with Crippen LogP contribution in [0.2, 0.25) is 0 Å². The molecule has 1 N–H and O–H groups in total. The minimum absolute atomic E-state index is 0.292. The Bertz CT molecular complexity index is 1490. The topological polar surface area (TPSA) is 69.2 Å². The first kappa shape index (κ1) is 56.6. The molecule has 7 heteroatoms. The summed E-state index contributed by atoms with van der Waals surface area (Å²) >= 11 is 0. The lowest BCUT2D eigenvalue weighted by atomic mass is 9.78. The van der Waals surface area contributed by atoms with Crippen molar-refractivity contribution in [3.05, 3.63) is 59.2 Å². The number of unbranched alkanes of at least 4 members (excludes halogenated alkanes) is 26. The summed E-state index contributed by atoms with van der Waals surface area (Å²) in [6, 6.07) is 14.1. The van der Waals surface area contributed by atoms with Gasteiger partial charge in [-0.15, -0.1) is 0 Å². The molecule has 0 aliphatic carbocycles. The molecule has 0 amide bonds. The van der Waals surface area contributed by atoms with E-state index in [9.17, 15) is 4.79 Å². The number of carbonyl (C=O) groups excluding carboxylic acids is 1. The third-order valence-corrected chi connectivity index (χ3v) is 14.0. The number of benzene rings is 2. The van der Waals surface area contributed by atoms with Crippen LogP contribution in [0.5, 0.6) is 0 Å². The number of anilines is 1. The lowest BCUT2D eigenvalue weighted by Crippen LogP contribution is -2.47. The number of likely N-dealkylation sites (N-methyl/N-ethyl adjacent to an activating group) is 1. The van der Waals surface area contributed by atoms with E-state index in [-0.39, 0.29) is 11.4 Å². The average molecular weight is 903 g/mol. The first-order valence-corrected chi connectivity index (χ1v) is 27.5. The molecule has 370 valence electrons. The number of aliphatic imine (C=N–C) groups is 1. The molecule has 2 aromatic rings. The Labute approximate surface area is 400 Å². The average Bonchev–Trinajstić information content (AvgIpc) is 3.57. The Morgan fingerprint density at radius 1 is 0.554 bits per heavy atom. The van der Waals surface area contributed by atoms with Gasteiger partial charge in [0.05, 0.1) is 70.1 Å². The molecular weight excluding hydrogens is 803 g/mol. The molecule has 7 nitrogen and oxygen atoms in total. The van der Waals surface area contributed by atoms with E-state index in [1.165, 1.54) is 193 Å². The number of fused-ring (bicyclic) bond motifs is 1. The predicted molar refractivity (Wildman–Crippen MR) is 280 cm³/mol. The van der Waals surface area contributed by atoms with Gasteiger partial charge in [0.2, 0.25) is 0 Å². The van der Waals surface area contributed by atoms with Crippen LogP contribution in [-0.2, 0) is 19.6 Å². The van der Waals surface area contributed by atoms with E-state index in [4.69, 9.17) is 19.2 Å². The monoisotopic (exact) mass is 903 g/mol. The van der Waals surface area contributed by atoms with Crippen LogP contribution < -0.4 is 5.32 Å². The second kappa shape index (κ2) is 35.4. The van der Waals surface area contributed by atoms with Crippen LogP contribution in [0.15, 0.2) is 47.5 Å². The first-order chi connectivity index (χ1) is 31.7. The molecule has 0 saturated carbocycles. The summed E-state index contributed by atoms with van der Waals surface area (Å²) in [4.78, 5) is 17.4. The Hall–Kier alpha value is -2.74. The van der Waals surface area contributed by atoms with Gasteiger partial charge in [0.1, 0.15) is 6.54 Å². The van der Waals surface area contributed by atoms with Gasteiger partial charge in [0, 0.05) is 17.6 Å². The second-order valence-electron chi connectivity index (χ2n) is 20.2. The lowest BCUT2D eigenvalue weighted by Gasteiger charge is -2.35. The summed E-state index contributed by atoms with van der Waals surface area (Å²) in [5.41, 5.74) is 5.36. The van der Waals surface area contributed by atoms with Crippen molar-refractivity contribution in [2.75, 3.05) is 71.6 Å². The quantitative estimate of drug-likeness (QED) is 0.0408. The second-order valence-corrected chi connectivity index (χ2v) is 20.2. The SMILES string of the molecule is CCCCCCCCCCCCCCCC[N+](C)(CCCCCCCCCCCCCCCC)CCOCCOCCNc1ccc(C2=Nc3ccc(C(=O)OCC)cc3C2(C)C)cc1. The van der Waals surface area contributed by atoms with Gasteiger partial charge < -0.3 is 24.0 Å². The minimum Gasteiger partial charge on any atom is -0.462 e. The number of rotatable bonds is 43. The number of hydrogen-bond donors (Lipinski definition) is 1. The summed E-state index contributed by atoms with van der Waals surface area (Å²) < 4.78 is 18.5. The van der Waals surface area contributed by atoms with Gasteiger partial charge in [0.15, 0.2) is 0 Å². The standard InChI is InChI=1S/C58H99N3O4/c1-7-10-12-14-16-18-20-22-24-26-28-30-32-34-43-61(6,44-35-33-31-29-27-25-23-21-19-17-15-13-11-8-2)45-47-64-49-48-63-46-42-59-53-39-36-51(37-40-53)56-58(4,5)54-50-52(57(62)65-9-3)38-41-55(54)60-56/h36-41,50H,7-35,42-49H2,1-6H3/p+1. The molecule has 0 spiro atoms. The van der Waals surface area contributed by atoms with Gasteiger partial charge in [-0.25, -0.2) is 4.79 Å². The van der Waals surface area contributed by atoms with Gasteiger partial charge in [0.25, 0.3) is 0 Å². The highest BCUT2D eigenvalue weighted by Gasteiger charge is 2.36. The van der Waals surface area contributed by atoms with Crippen LogP contribution in [0.1, 0.15) is 236 Å². The third-order valence-electron chi connectivity index (χ3n) is 14.0. The fourth-order valence-electron chi connectivity index (χ4n) is 9.62. The summed E-state index contributed by atoms with van der Waals surface area (Å²) in [7, 11) is 2.49. The van der Waals surface area contributed by atoms with Crippen molar-refractivity contribution < 1.29 is 23.5 Å². The minimum atomic E-state index is -0.322. The van der Waals surface area contributed by atoms with Crippen molar-refractivity contribution >= 4 is 23.1 Å². The van der Waals surface area contributed by atoms with Gasteiger partial charge >= 0.3 is 5.97 Å². The van der Waals surface area contributed by atoms with E-state index < -0.39 is 0 Å². The summed E-state index contributed by atoms with van der Waals surface area (Å²) in [5, 5.41) is 3.50. The van der Waals surface area contributed by atoms with E-state index >= 15 is 0 Å². The highest BCUT2D eigenvalue weighted by atomic mass is 16.5. The normalized spacial score (nSPS) is 13.3. The molecule has 0 saturated heterocycles. The van der Waals surface area contributed by atoms with Gasteiger partial charge in [-0.1, -0.05) is 194 Å². The molecule has 0 radical (unpaired) electrons. The number of hydrogen-bond acceptors (Lipinski definition) is 6. The van der Waals surface area contributed by atoms with Crippen LogP contribution in [-0.4, -0.2) is 82.4 Å². The fourth-order valence-corrected chi connectivity index (χ4v) is 9.62. The molecular formula is C58H100N3O4+. The zero-order valence-corrected chi connectivity index (χ0v) is 43.2. The van der Waals surface area contributed by atoms with Crippen molar-refractivity contribution in [3.63, 3.8) is 0 Å². The summed E-state index contributed by atoms with van der Waals surface area (Å²) in [6.07, 6.45) is 39.6. The number of ether oxygens (including phenoxy) is 3. The number of quaternary nitrogens is 1. The van der Waals surface area contributed by atoms with Gasteiger partial charge in [-0.05, 0) is 74.1 Å². The molecule has 0 unspecified atom stereocenters. The lowest BCUT2D eigenvalue weighted by molar-refractivity contribution is -0.910. The smallest absolute Gasteiger partial charge is 0.338 e. The molecule has 2 aromatic carbocycles. The Morgan fingerprint density at radius 2 is 1.00 bits per heavy atom. The summed E-state index contributed by atoms with van der Waals surface area (Å²) in [6.45, 7) is 18.2. The fraction of sp³-hybridized carbons (Fsp3) is 0.759. The largest absolute Gasteiger partial charge is 0.462 e. The zero-order valence-electron chi connectivity index (χ0n) is 43.2. The first-order valence-electron chi connectivity index (χ1n) is 27.5. The molecule has 65 heavy (non-hydrogen) atoms. The zero-order chi connectivity index (χ0) is 46.7. The molecule has 0 bridgehead atoms. The number of nitrogens with zero attached hydrogens (tertiary/aromatic N) is 2. The maximum absolute atomic E-state index is 12.4. The van der Waals surface area contributed by atoms with Crippen molar-refractivity contribution in [2.24, 2.45) is 4.99 Å². The van der Waals surface area contributed by atoms with E-state index in [2.05, 4.69) is 64.3 Å². The Kier molecular flexibility index (Phi) is 30.8. The molecule has 3 rings (SSSR count). The third kappa shape index (κ3) is 24.2. The number of nitrogens with one attached hydrogen (secondary N) is 1. The molecule has 0 fully saturated rings. The molecule has 1 aliphatic rings. The highest BCUT2D eigenvalue weighted by molar-refractivity contribution is 6.12. The van der Waals surface area contributed by atoms with Gasteiger partial charge in [-0.3, -0.25) is 4.99 Å². The van der Waals surface area contributed by atoms with E-state index in [1.54, 1.807) is 6.07 Å². The van der Waals surface area contributed by atoms with Crippen molar-refractivity contribution in [2.45, 2.75) is 220 Å². The van der Waals surface area contributed by atoms with Gasteiger partial charge in [-0.2, -0.15) is 0 Å². The number of esters is 1. The predicted octanol–water partition coefficient (Wildman–Crippen LogP) is 16.1. The Balaban J connectivity index is 1.29. The van der Waals surface area contributed by atoms with E-state index in [0.717, 1.165) is 52.4 Å². The van der Waals surface area contributed by atoms with Crippen molar-refractivity contribution in [1.82, 2.24) is 0 Å². The van der Waals surface area contributed by atoms with Crippen LogP contribution in [0.25, 0.3) is 0 Å². The molecule has 0 atom stereocenters. The molecule has 1 heterocycles. The maximum atomic E-state index is 12.4. The van der Waals surface area contributed by atoms with E-state index in [1.807, 2.05) is 19.1 Å². The maximum Gasteiger partial charge on any atom is 0.338 e.